The number of amides is 1. The summed E-state index contributed by atoms with van der Waals surface area (Å²) in [5.41, 5.74) is 2.65. The van der Waals surface area contributed by atoms with Gasteiger partial charge in [0, 0.05) is 17.3 Å². The minimum atomic E-state index is -0.283. The SMILES string of the molecule is NN(C(=O)c1ccc(-c2ncccc2Cl)cc1)c1ccccc1. The van der Waals surface area contributed by atoms with E-state index in [0.29, 0.717) is 22.0 Å². The van der Waals surface area contributed by atoms with Crippen molar-refractivity contribution in [2.24, 2.45) is 5.84 Å². The first kappa shape index (κ1) is 15.2. The number of pyridine rings is 1. The maximum Gasteiger partial charge on any atom is 0.272 e. The van der Waals surface area contributed by atoms with E-state index >= 15 is 0 Å². The van der Waals surface area contributed by atoms with Crippen LogP contribution in [0.15, 0.2) is 72.9 Å². The Kier molecular flexibility index (Phi) is 4.37. The summed E-state index contributed by atoms with van der Waals surface area (Å²) in [4.78, 5) is 16.7. The number of halogens is 1. The third-order valence-electron chi connectivity index (χ3n) is 3.42. The normalized spacial score (nSPS) is 10.3. The van der Waals surface area contributed by atoms with E-state index in [-0.39, 0.29) is 5.91 Å². The molecule has 0 aliphatic heterocycles. The van der Waals surface area contributed by atoms with Gasteiger partial charge in [-0.25, -0.2) is 10.9 Å². The quantitative estimate of drug-likeness (QED) is 0.451. The number of aromatic nitrogens is 1. The van der Waals surface area contributed by atoms with E-state index in [0.717, 1.165) is 10.6 Å². The second-order valence-electron chi connectivity index (χ2n) is 4.92. The van der Waals surface area contributed by atoms with Crippen molar-refractivity contribution in [2.75, 3.05) is 5.01 Å². The first-order valence-electron chi connectivity index (χ1n) is 7.02. The molecule has 2 aromatic carbocycles. The average molecular weight is 324 g/mol. The molecule has 0 atom stereocenters. The maximum atomic E-state index is 12.4. The van der Waals surface area contributed by atoms with Gasteiger partial charge in [0.25, 0.3) is 5.91 Å². The Labute approximate surface area is 139 Å². The van der Waals surface area contributed by atoms with Gasteiger partial charge < -0.3 is 0 Å². The zero-order valence-corrected chi connectivity index (χ0v) is 12.9. The summed E-state index contributed by atoms with van der Waals surface area (Å²) in [5, 5.41) is 1.69. The summed E-state index contributed by atoms with van der Waals surface area (Å²) < 4.78 is 0. The predicted octanol–water partition coefficient (Wildman–Crippen LogP) is 3.92. The first-order valence-corrected chi connectivity index (χ1v) is 7.40. The minimum absolute atomic E-state index is 0.283. The van der Waals surface area contributed by atoms with Crippen LogP contribution in [0.2, 0.25) is 5.02 Å². The van der Waals surface area contributed by atoms with Gasteiger partial charge in [-0.15, -0.1) is 0 Å². The van der Waals surface area contributed by atoms with Gasteiger partial charge in [0.05, 0.1) is 16.4 Å². The molecular weight excluding hydrogens is 310 g/mol. The summed E-state index contributed by atoms with van der Waals surface area (Å²) in [6.45, 7) is 0. The van der Waals surface area contributed by atoms with Crippen molar-refractivity contribution in [1.29, 1.82) is 0 Å². The van der Waals surface area contributed by atoms with Gasteiger partial charge in [0.15, 0.2) is 0 Å². The van der Waals surface area contributed by atoms with Crippen LogP contribution < -0.4 is 10.9 Å². The van der Waals surface area contributed by atoms with E-state index in [1.54, 1.807) is 54.7 Å². The number of anilines is 1. The molecule has 1 aromatic heterocycles. The third-order valence-corrected chi connectivity index (χ3v) is 3.72. The molecule has 5 heteroatoms. The number of hydrazine groups is 1. The van der Waals surface area contributed by atoms with Crippen LogP contribution in [0.4, 0.5) is 5.69 Å². The van der Waals surface area contributed by atoms with Gasteiger partial charge in [-0.3, -0.25) is 9.78 Å². The molecule has 0 saturated carbocycles. The second kappa shape index (κ2) is 6.60. The highest BCUT2D eigenvalue weighted by Crippen LogP contribution is 2.25. The molecule has 114 valence electrons. The Morgan fingerprint density at radius 1 is 0.957 bits per heavy atom. The largest absolute Gasteiger partial charge is 0.272 e. The van der Waals surface area contributed by atoms with Crippen molar-refractivity contribution in [3.8, 4) is 11.3 Å². The summed E-state index contributed by atoms with van der Waals surface area (Å²) in [5.74, 6) is 5.61. The lowest BCUT2D eigenvalue weighted by atomic mass is 10.1. The Bertz CT molecular complexity index is 819. The number of benzene rings is 2. The van der Waals surface area contributed by atoms with Gasteiger partial charge in [-0.05, 0) is 36.4 Å². The van der Waals surface area contributed by atoms with Crippen molar-refractivity contribution < 1.29 is 4.79 Å². The molecular formula is C18H14ClN3O. The summed E-state index contributed by atoms with van der Waals surface area (Å²) in [6, 6.07) is 19.7. The first-order chi connectivity index (χ1) is 11.2. The molecule has 0 unspecified atom stereocenters. The summed E-state index contributed by atoms with van der Waals surface area (Å²) >= 11 is 6.13. The van der Waals surface area contributed by atoms with Crippen molar-refractivity contribution in [3.05, 3.63) is 83.5 Å². The number of hydrogen-bond donors (Lipinski definition) is 1. The Morgan fingerprint density at radius 3 is 2.30 bits per heavy atom. The molecule has 0 aliphatic rings. The molecule has 0 fully saturated rings. The van der Waals surface area contributed by atoms with Gasteiger partial charge in [0.1, 0.15) is 0 Å². The molecule has 3 rings (SSSR count). The molecule has 0 spiro atoms. The highest BCUT2D eigenvalue weighted by atomic mass is 35.5. The van der Waals surface area contributed by atoms with Gasteiger partial charge >= 0.3 is 0 Å². The number of nitrogens with zero attached hydrogens (tertiary/aromatic N) is 2. The Hall–Kier alpha value is -2.69. The second-order valence-corrected chi connectivity index (χ2v) is 5.33. The number of carbonyl (C=O) groups excluding carboxylic acids is 1. The van der Waals surface area contributed by atoms with Crippen LogP contribution in [0.3, 0.4) is 0 Å². The summed E-state index contributed by atoms with van der Waals surface area (Å²) in [7, 11) is 0. The number of carbonyl (C=O) groups is 1. The molecule has 1 amide bonds. The van der Waals surface area contributed by atoms with Crippen LogP contribution >= 0.6 is 11.6 Å². The lowest BCUT2D eigenvalue weighted by Crippen LogP contribution is -2.37. The zero-order chi connectivity index (χ0) is 16.2. The number of para-hydroxylation sites is 1. The standard InChI is InChI=1S/C18H14ClN3O/c19-16-7-4-12-21-17(16)13-8-10-14(11-9-13)18(23)22(20)15-5-2-1-3-6-15/h1-12H,20H2. The highest BCUT2D eigenvalue weighted by molar-refractivity contribution is 6.33. The lowest BCUT2D eigenvalue weighted by Gasteiger charge is -2.16. The molecule has 0 bridgehead atoms. The molecule has 4 nitrogen and oxygen atoms in total. The summed E-state index contributed by atoms with van der Waals surface area (Å²) in [6.07, 6.45) is 1.68. The molecule has 3 aromatic rings. The molecule has 23 heavy (non-hydrogen) atoms. The Balaban J connectivity index is 1.85. The third kappa shape index (κ3) is 3.23. The van der Waals surface area contributed by atoms with Gasteiger partial charge in [-0.1, -0.05) is 41.9 Å². The van der Waals surface area contributed by atoms with Crippen LogP contribution in [0.1, 0.15) is 10.4 Å². The zero-order valence-electron chi connectivity index (χ0n) is 12.2. The fourth-order valence-corrected chi connectivity index (χ4v) is 2.44. The topological polar surface area (TPSA) is 59.2 Å². The molecule has 0 aliphatic carbocycles. The van der Waals surface area contributed by atoms with E-state index in [4.69, 9.17) is 17.4 Å². The van der Waals surface area contributed by atoms with E-state index in [9.17, 15) is 4.79 Å². The smallest absolute Gasteiger partial charge is 0.267 e. The van der Waals surface area contributed by atoms with Crippen molar-refractivity contribution in [1.82, 2.24) is 4.98 Å². The van der Waals surface area contributed by atoms with E-state index in [2.05, 4.69) is 4.98 Å². The van der Waals surface area contributed by atoms with Crippen LogP contribution in [-0.4, -0.2) is 10.9 Å². The highest BCUT2D eigenvalue weighted by Gasteiger charge is 2.14. The molecule has 0 saturated heterocycles. The molecule has 2 N–H and O–H groups in total. The lowest BCUT2D eigenvalue weighted by molar-refractivity contribution is 0.0987. The number of nitrogens with two attached hydrogens (primary N) is 1. The minimum Gasteiger partial charge on any atom is -0.267 e. The van der Waals surface area contributed by atoms with E-state index in [1.165, 1.54) is 0 Å². The molecule has 1 heterocycles. The fourth-order valence-electron chi connectivity index (χ4n) is 2.21. The van der Waals surface area contributed by atoms with E-state index in [1.807, 2.05) is 18.2 Å². The van der Waals surface area contributed by atoms with Crippen LogP contribution in [-0.2, 0) is 0 Å². The molecule has 0 radical (unpaired) electrons. The predicted molar refractivity (Wildman–Crippen MR) is 92.1 cm³/mol. The van der Waals surface area contributed by atoms with Crippen LogP contribution in [0.25, 0.3) is 11.3 Å². The maximum absolute atomic E-state index is 12.4. The van der Waals surface area contributed by atoms with Crippen LogP contribution in [0.5, 0.6) is 0 Å². The van der Waals surface area contributed by atoms with Crippen molar-refractivity contribution >= 4 is 23.2 Å². The number of hydrogen-bond acceptors (Lipinski definition) is 3. The van der Waals surface area contributed by atoms with Gasteiger partial charge in [0.2, 0.25) is 0 Å². The Morgan fingerprint density at radius 2 is 1.65 bits per heavy atom. The van der Waals surface area contributed by atoms with E-state index < -0.39 is 0 Å². The van der Waals surface area contributed by atoms with Crippen LogP contribution in [0, 0.1) is 0 Å². The van der Waals surface area contributed by atoms with Crippen molar-refractivity contribution in [3.63, 3.8) is 0 Å². The van der Waals surface area contributed by atoms with Gasteiger partial charge in [-0.2, -0.15) is 0 Å². The van der Waals surface area contributed by atoms with Crippen molar-refractivity contribution in [2.45, 2.75) is 0 Å². The average Bonchev–Trinajstić information content (AvgIpc) is 2.62. The number of rotatable bonds is 3. The fraction of sp³-hybridized carbons (Fsp3) is 0. The monoisotopic (exact) mass is 323 g/mol.